The fraction of sp³-hybridized carbons (Fsp3) is 0.182. The van der Waals surface area contributed by atoms with Crippen molar-refractivity contribution in [3.63, 3.8) is 0 Å². The van der Waals surface area contributed by atoms with Crippen LogP contribution in [0.1, 0.15) is 5.56 Å². The largest absolute Gasteiger partial charge is 1.00 e. The number of aromatic amines is 1. The molecule has 0 fully saturated rings. The van der Waals surface area contributed by atoms with E-state index in [0.717, 1.165) is 16.5 Å². The van der Waals surface area contributed by atoms with Crippen LogP contribution in [0.25, 0.3) is 10.9 Å². The molecule has 0 aliphatic rings. The number of nitrogens with two attached hydrogens (primary N) is 1. The Labute approximate surface area is 105 Å². The number of hydrogen-bond acceptors (Lipinski definition) is 3. The van der Waals surface area contributed by atoms with Crippen molar-refractivity contribution in [3.05, 3.63) is 36.0 Å². The molecule has 1 heterocycles. The van der Waals surface area contributed by atoms with Crippen molar-refractivity contribution in [2.24, 2.45) is 5.73 Å². The summed E-state index contributed by atoms with van der Waals surface area (Å²) in [6, 6.07) is 6.74. The summed E-state index contributed by atoms with van der Waals surface area (Å²) in [5.74, 6) is -1.22. The Morgan fingerprint density at radius 1 is 1.44 bits per heavy atom. The first-order valence-corrected chi connectivity index (χ1v) is 4.70. The third kappa shape index (κ3) is 2.48. The predicted octanol–water partition coefficient (Wildman–Crippen LogP) is -3.21. The fourth-order valence-corrected chi connectivity index (χ4v) is 1.62. The van der Waals surface area contributed by atoms with E-state index in [1.807, 2.05) is 24.3 Å². The normalized spacial score (nSPS) is 12.1. The number of hydrogen-bond donors (Lipinski definition) is 2. The molecule has 1 aromatic heterocycles. The van der Waals surface area contributed by atoms with Crippen LogP contribution >= 0.6 is 0 Å². The van der Waals surface area contributed by atoms with Crippen LogP contribution in [0.5, 0.6) is 0 Å². The van der Waals surface area contributed by atoms with Gasteiger partial charge >= 0.3 is 18.9 Å². The molecule has 0 unspecified atom stereocenters. The SMILES string of the molecule is N[C@@H](Cc1c[nH]c2ccccc12)C(=O)[O-].[Li+]. The van der Waals surface area contributed by atoms with Gasteiger partial charge in [-0.2, -0.15) is 0 Å². The average molecular weight is 210 g/mol. The van der Waals surface area contributed by atoms with E-state index in [1.54, 1.807) is 6.20 Å². The fourth-order valence-electron chi connectivity index (χ4n) is 1.62. The van der Waals surface area contributed by atoms with Crippen LogP contribution in [0.2, 0.25) is 0 Å². The first kappa shape index (κ1) is 12.9. The third-order valence-electron chi connectivity index (χ3n) is 2.42. The van der Waals surface area contributed by atoms with E-state index >= 15 is 0 Å². The number of carboxylic acid groups (broad SMARTS) is 1. The van der Waals surface area contributed by atoms with Crippen molar-refractivity contribution in [1.82, 2.24) is 4.98 Å². The number of rotatable bonds is 3. The summed E-state index contributed by atoms with van der Waals surface area (Å²) < 4.78 is 0. The summed E-state index contributed by atoms with van der Waals surface area (Å²) in [4.78, 5) is 13.6. The van der Waals surface area contributed by atoms with E-state index in [2.05, 4.69) is 4.98 Å². The van der Waals surface area contributed by atoms with Crippen molar-refractivity contribution in [2.75, 3.05) is 0 Å². The molecule has 4 nitrogen and oxygen atoms in total. The van der Waals surface area contributed by atoms with Crippen LogP contribution < -0.4 is 29.7 Å². The van der Waals surface area contributed by atoms with E-state index < -0.39 is 12.0 Å². The molecular weight excluding hydrogens is 199 g/mol. The minimum absolute atomic E-state index is 0. The van der Waals surface area contributed by atoms with Gasteiger partial charge in [-0.05, 0) is 18.1 Å². The van der Waals surface area contributed by atoms with Gasteiger partial charge in [0.2, 0.25) is 0 Å². The van der Waals surface area contributed by atoms with Crippen molar-refractivity contribution in [2.45, 2.75) is 12.5 Å². The van der Waals surface area contributed by atoms with Gasteiger partial charge in [-0.3, -0.25) is 0 Å². The van der Waals surface area contributed by atoms with Gasteiger partial charge in [0.05, 0.1) is 5.97 Å². The monoisotopic (exact) mass is 210 g/mol. The first-order chi connectivity index (χ1) is 7.18. The molecule has 78 valence electrons. The molecule has 5 heteroatoms. The zero-order chi connectivity index (χ0) is 10.8. The molecule has 3 N–H and O–H groups in total. The zero-order valence-electron chi connectivity index (χ0n) is 9.07. The second-order valence-electron chi connectivity index (χ2n) is 3.49. The second kappa shape index (κ2) is 5.22. The number of aliphatic carboxylic acids is 1. The summed E-state index contributed by atoms with van der Waals surface area (Å²) in [6.45, 7) is 0. The average Bonchev–Trinajstić information content (AvgIpc) is 2.62. The summed E-state index contributed by atoms with van der Waals surface area (Å²) in [5.41, 5.74) is 7.31. The van der Waals surface area contributed by atoms with E-state index in [1.165, 1.54) is 0 Å². The number of H-pyrrole nitrogens is 1. The maximum atomic E-state index is 10.5. The van der Waals surface area contributed by atoms with Crippen LogP contribution in [0.3, 0.4) is 0 Å². The Bertz CT molecular complexity index is 495. The molecular formula is C11H11LiN2O2. The molecule has 0 saturated carbocycles. The molecule has 0 bridgehead atoms. The van der Waals surface area contributed by atoms with Crippen molar-refractivity contribution in [3.8, 4) is 0 Å². The van der Waals surface area contributed by atoms with Gasteiger partial charge in [-0.25, -0.2) is 0 Å². The standard InChI is InChI=1S/C11H12N2O2.Li/c12-9(11(14)15)5-7-6-13-10-4-2-1-3-8(7)10;/h1-4,6,9,13H,5,12H2,(H,14,15);/q;+1/p-1/t9-;/m0./s1. The summed E-state index contributed by atoms with van der Waals surface area (Å²) in [7, 11) is 0. The second-order valence-corrected chi connectivity index (χ2v) is 3.49. The van der Waals surface area contributed by atoms with Gasteiger partial charge in [-0.15, -0.1) is 0 Å². The number of nitrogens with one attached hydrogen (secondary N) is 1. The minimum Gasteiger partial charge on any atom is -0.548 e. The number of aromatic nitrogens is 1. The molecule has 2 rings (SSSR count). The van der Waals surface area contributed by atoms with Crippen LogP contribution in [0, 0.1) is 0 Å². The first-order valence-electron chi connectivity index (χ1n) is 4.70. The van der Waals surface area contributed by atoms with Gasteiger partial charge in [0, 0.05) is 23.1 Å². The molecule has 2 aromatic rings. The van der Waals surface area contributed by atoms with Crippen molar-refractivity contribution in [1.29, 1.82) is 0 Å². The summed E-state index contributed by atoms with van der Waals surface area (Å²) in [6.07, 6.45) is 2.07. The van der Waals surface area contributed by atoms with Crippen LogP contribution in [-0.4, -0.2) is 17.0 Å². The third-order valence-corrected chi connectivity index (χ3v) is 2.42. The van der Waals surface area contributed by atoms with Gasteiger partial charge in [-0.1, -0.05) is 18.2 Å². The number of carbonyl (C=O) groups excluding carboxylic acids is 1. The van der Waals surface area contributed by atoms with Gasteiger partial charge in [0.25, 0.3) is 0 Å². The molecule has 0 saturated heterocycles. The Morgan fingerprint density at radius 3 is 2.81 bits per heavy atom. The predicted molar refractivity (Wildman–Crippen MR) is 55.0 cm³/mol. The maximum absolute atomic E-state index is 10.5. The van der Waals surface area contributed by atoms with Gasteiger partial charge in [0.1, 0.15) is 0 Å². The number of fused-ring (bicyclic) bond motifs is 1. The zero-order valence-corrected chi connectivity index (χ0v) is 9.07. The van der Waals surface area contributed by atoms with Gasteiger partial charge < -0.3 is 20.6 Å². The molecule has 0 radical (unpaired) electrons. The van der Waals surface area contributed by atoms with Gasteiger partial charge in [0.15, 0.2) is 0 Å². The topological polar surface area (TPSA) is 81.9 Å². The smallest absolute Gasteiger partial charge is 0.548 e. The summed E-state index contributed by atoms with van der Waals surface area (Å²) in [5, 5.41) is 11.5. The van der Waals surface area contributed by atoms with Crippen molar-refractivity contribution < 1.29 is 28.8 Å². The number of para-hydroxylation sites is 1. The Kier molecular flexibility index (Phi) is 4.19. The molecule has 1 aromatic carbocycles. The summed E-state index contributed by atoms with van der Waals surface area (Å²) >= 11 is 0. The Hall–Kier alpha value is -1.21. The van der Waals surface area contributed by atoms with E-state index in [4.69, 9.17) is 5.73 Å². The molecule has 0 aliphatic heterocycles. The van der Waals surface area contributed by atoms with E-state index in [-0.39, 0.29) is 25.3 Å². The van der Waals surface area contributed by atoms with Crippen LogP contribution in [-0.2, 0) is 11.2 Å². The van der Waals surface area contributed by atoms with Crippen LogP contribution in [0.15, 0.2) is 30.5 Å². The molecule has 1 atom stereocenters. The molecule has 0 aliphatic carbocycles. The minimum atomic E-state index is -1.22. The van der Waals surface area contributed by atoms with E-state index in [0.29, 0.717) is 0 Å². The maximum Gasteiger partial charge on any atom is 1.00 e. The Balaban J connectivity index is 0.00000128. The molecule has 0 amide bonds. The number of carbonyl (C=O) groups is 1. The Morgan fingerprint density at radius 2 is 2.12 bits per heavy atom. The molecule has 0 spiro atoms. The number of carboxylic acids is 1. The van der Waals surface area contributed by atoms with E-state index in [9.17, 15) is 9.90 Å². The quantitative estimate of drug-likeness (QED) is 0.523. The molecule has 16 heavy (non-hydrogen) atoms. The van der Waals surface area contributed by atoms with Crippen molar-refractivity contribution >= 4 is 16.9 Å². The van der Waals surface area contributed by atoms with Crippen LogP contribution in [0.4, 0.5) is 0 Å². The number of benzene rings is 1.